The van der Waals surface area contributed by atoms with Crippen LogP contribution in [0.25, 0.3) is 0 Å². The summed E-state index contributed by atoms with van der Waals surface area (Å²) in [6.07, 6.45) is 0. The Morgan fingerprint density at radius 3 is 2.65 bits per heavy atom. The number of phenols is 1. The van der Waals surface area contributed by atoms with E-state index in [-0.39, 0.29) is 23.8 Å². The third kappa shape index (κ3) is 3.52. The zero-order valence-corrected chi connectivity index (χ0v) is 10.7. The predicted octanol–water partition coefficient (Wildman–Crippen LogP) is 1.18. The number of aromatic hydroxyl groups is 1. The molecular weight excluding hydrogens is 242 g/mol. The zero-order valence-electron chi connectivity index (χ0n) is 9.88. The molecule has 0 bridgehead atoms. The van der Waals surface area contributed by atoms with Gasteiger partial charge in [-0.25, -0.2) is 8.42 Å². The highest BCUT2D eigenvalue weighted by Crippen LogP contribution is 2.29. The Balaban J connectivity index is 2.61. The van der Waals surface area contributed by atoms with Crippen molar-refractivity contribution >= 4 is 15.5 Å². The van der Waals surface area contributed by atoms with E-state index in [1.807, 2.05) is 0 Å². The molecule has 1 aromatic rings. The number of para-hydroxylation sites is 1. The average Bonchev–Trinajstić information content (AvgIpc) is 2.24. The summed E-state index contributed by atoms with van der Waals surface area (Å²) in [4.78, 5) is 0. The fraction of sp³-hybridized carbons (Fsp3) is 0.455. The number of hydrogen-bond donors (Lipinski definition) is 2. The van der Waals surface area contributed by atoms with Crippen LogP contribution in [0.5, 0.6) is 11.5 Å². The minimum atomic E-state index is -3.12. The van der Waals surface area contributed by atoms with Gasteiger partial charge in [-0.3, -0.25) is 0 Å². The van der Waals surface area contributed by atoms with E-state index in [2.05, 4.69) is 0 Å². The Morgan fingerprint density at radius 2 is 2.06 bits per heavy atom. The SMILES string of the molecule is CC(C)S(=O)(=O)CCOc1cccc(O)c1N. The van der Waals surface area contributed by atoms with Gasteiger partial charge in [0.25, 0.3) is 0 Å². The molecule has 0 atom stereocenters. The van der Waals surface area contributed by atoms with E-state index in [0.717, 1.165) is 0 Å². The van der Waals surface area contributed by atoms with Crippen LogP contribution >= 0.6 is 0 Å². The predicted molar refractivity (Wildman–Crippen MR) is 66.9 cm³/mol. The second kappa shape index (κ2) is 5.27. The topological polar surface area (TPSA) is 89.6 Å². The third-order valence-electron chi connectivity index (χ3n) is 2.39. The monoisotopic (exact) mass is 259 g/mol. The van der Waals surface area contributed by atoms with Gasteiger partial charge < -0.3 is 15.6 Å². The van der Waals surface area contributed by atoms with Crippen molar-refractivity contribution in [3.05, 3.63) is 18.2 Å². The van der Waals surface area contributed by atoms with Crippen LogP contribution in [0.2, 0.25) is 0 Å². The number of phenolic OH excluding ortho intramolecular Hbond substituents is 1. The van der Waals surface area contributed by atoms with Gasteiger partial charge in [0.05, 0.1) is 11.0 Å². The highest BCUT2D eigenvalue weighted by molar-refractivity contribution is 7.91. The largest absolute Gasteiger partial charge is 0.506 e. The van der Waals surface area contributed by atoms with Gasteiger partial charge >= 0.3 is 0 Å². The van der Waals surface area contributed by atoms with Crippen LogP contribution in [0, 0.1) is 0 Å². The average molecular weight is 259 g/mol. The van der Waals surface area contributed by atoms with Gasteiger partial charge in [0.15, 0.2) is 9.84 Å². The molecule has 17 heavy (non-hydrogen) atoms. The second-order valence-corrected chi connectivity index (χ2v) is 6.63. The standard InChI is InChI=1S/C11H17NO4S/c1-8(2)17(14,15)7-6-16-10-5-3-4-9(13)11(10)12/h3-5,8,13H,6-7,12H2,1-2H3. The fourth-order valence-corrected chi connectivity index (χ4v) is 1.95. The maximum Gasteiger partial charge on any atom is 0.155 e. The lowest BCUT2D eigenvalue weighted by Gasteiger charge is -2.11. The number of sulfone groups is 1. The van der Waals surface area contributed by atoms with E-state index in [4.69, 9.17) is 10.5 Å². The number of rotatable bonds is 5. The van der Waals surface area contributed by atoms with Gasteiger partial charge in [0.2, 0.25) is 0 Å². The highest BCUT2D eigenvalue weighted by atomic mass is 32.2. The number of hydrogen-bond acceptors (Lipinski definition) is 5. The molecule has 0 saturated heterocycles. The van der Waals surface area contributed by atoms with Crippen LogP contribution in [0.4, 0.5) is 5.69 Å². The first-order valence-electron chi connectivity index (χ1n) is 5.26. The van der Waals surface area contributed by atoms with E-state index >= 15 is 0 Å². The molecule has 0 aromatic heterocycles. The van der Waals surface area contributed by atoms with Crippen molar-refractivity contribution in [2.45, 2.75) is 19.1 Å². The van der Waals surface area contributed by atoms with Crippen molar-refractivity contribution in [2.24, 2.45) is 0 Å². The fourth-order valence-electron chi connectivity index (χ4n) is 1.16. The molecule has 0 radical (unpaired) electrons. The Hall–Kier alpha value is -1.43. The van der Waals surface area contributed by atoms with Crippen LogP contribution in [0.1, 0.15) is 13.8 Å². The van der Waals surface area contributed by atoms with Crippen LogP contribution < -0.4 is 10.5 Å². The van der Waals surface area contributed by atoms with Crippen LogP contribution in [0.3, 0.4) is 0 Å². The van der Waals surface area contributed by atoms with Gasteiger partial charge in [0, 0.05) is 0 Å². The maximum atomic E-state index is 11.5. The summed E-state index contributed by atoms with van der Waals surface area (Å²) in [5.74, 6) is 0.151. The number of benzene rings is 1. The molecule has 0 aliphatic rings. The van der Waals surface area contributed by atoms with Crippen molar-refractivity contribution in [1.82, 2.24) is 0 Å². The molecule has 3 N–H and O–H groups in total. The third-order valence-corrected chi connectivity index (χ3v) is 4.56. The van der Waals surface area contributed by atoms with Crippen LogP contribution in [-0.2, 0) is 9.84 Å². The van der Waals surface area contributed by atoms with Crippen molar-refractivity contribution in [2.75, 3.05) is 18.1 Å². The molecule has 0 saturated carbocycles. The molecule has 0 spiro atoms. The van der Waals surface area contributed by atoms with E-state index in [1.165, 1.54) is 6.07 Å². The van der Waals surface area contributed by atoms with Crippen molar-refractivity contribution in [3.8, 4) is 11.5 Å². The van der Waals surface area contributed by atoms with E-state index in [1.54, 1.807) is 26.0 Å². The van der Waals surface area contributed by atoms with Crippen LogP contribution in [-0.4, -0.2) is 31.1 Å². The Labute approximate surface area is 101 Å². The highest BCUT2D eigenvalue weighted by Gasteiger charge is 2.16. The first-order valence-corrected chi connectivity index (χ1v) is 6.98. The lowest BCUT2D eigenvalue weighted by atomic mass is 10.3. The number of anilines is 1. The molecule has 0 aliphatic heterocycles. The van der Waals surface area contributed by atoms with Gasteiger partial charge in [0.1, 0.15) is 23.8 Å². The molecule has 1 aromatic carbocycles. The summed E-state index contributed by atoms with van der Waals surface area (Å²) in [5.41, 5.74) is 5.69. The Kier molecular flexibility index (Phi) is 4.22. The molecule has 0 aliphatic carbocycles. The van der Waals surface area contributed by atoms with Crippen molar-refractivity contribution < 1.29 is 18.3 Å². The molecule has 0 heterocycles. The van der Waals surface area contributed by atoms with E-state index < -0.39 is 15.1 Å². The summed E-state index contributed by atoms with van der Waals surface area (Å²) in [5, 5.41) is 8.90. The molecule has 6 heteroatoms. The van der Waals surface area contributed by atoms with Gasteiger partial charge in [-0.2, -0.15) is 0 Å². The molecule has 0 unspecified atom stereocenters. The molecule has 1 rings (SSSR count). The maximum absolute atomic E-state index is 11.5. The van der Waals surface area contributed by atoms with Crippen molar-refractivity contribution in [1.29, 1.82) is 0 Å². The van der Waals surface area contributed by atoms with Crippen LogP contribution in [0.15, 0.2) is 18.2 Å². The minimum Gasteiger partial charge on any atom is -0.506 e. The molecule has 96 valence electrons. The van der Waals surface area contributed by atoms with Crippen molar-refractivity contribution in [3.63, 3.8) is 0 Å². The second-order valence-electron chi connectivity index (χ2n) is 3.95. The number of nitrogens with two attached hydrogens (primary N) is 1. The molecule has 5 nitrogen and oxygen atoms in total. The summed E-state index contributed by atoms with van der Waals surface area (Å²) >= 11 is 0. The van der Waals surface area contributed by atoms with Gasteiger partial charge in [-0.15, -0.1) is 0 Å². The van der Waals surface area contributed by atoms with Gasteiger partial charge in [-0.1, -0.05) is 6.07 Å². The van der Waals surface area contributed by atoms with E-state index in [9.17, 15) is 13.5 Å². The minimum absolute atomic E-state index is 0.0220. The van der Waals surface area contributed by atoms with E-state index in [0.29, 0.717) is 5.75 Å². The summed E-state index contributed by atoms with van der Waals surface area (Å²) in [6, 6.07) is 4.60. The molecule has 0 amide bonds. The number of nitrogen functional groups attached to an aromatic ring is 1. The normalized spacial score (nSPS) is 11.7. The quantitative estimate of drug-likeness (QED) is 0.612. The first kappa shape index (κ1) is 13.6. The molecule has 0 fully saturated rings. The summed E-state index contributed by atoms with van der Waals surface area (Å²) in [7, 11) is -3.12. The summed E-state index contributed by atoms with van der Waals surface area (Å²) < 4.78 is 28.3. The van der Waals surface area contributed by atoms with Gasteiger partial charge in [-0.05, 0) is 26.0 Å². The summed E-state index contributed by atoms with van der Waals surface area (Å²) in [6.45, 7) is 3.27. The number of ether oxygens (including phenoxy) is 1. The first-order chi connectivity index (χ1) is 7.84. The zero-order chi connectivity index (χ0) is 13.1. The Bertz CT molecular complexity index is 482. The smallest absolute Gasteiger partial charge is 0.155 e. The lowest BCUT2D eigenvalue weighted by Crippen LogP contribution is -2.22. The lowest BCUT2D eigenvalue weighted by molar-refractivity contribution is 0.340. The Morgan fingerprint density at radius 1 is 1.41 bits per heavy atom. The molecular formula is C11H17NO4S.